The normalized spacial score (nSPS) is 10.1. The van der Waals surface area contributed by atoms with E-state index in [1.165, 1.54) is 11.8 Å². The molecule has 0 amide bonds. The number of aliphatic hydroxyl groups excluding tert-OH is 1. The molecule has 0 bridgehead atoms. The van der Waals surface area contributed by atoms with Crippen molar-refractivity contribution in [3.8, 4) is 0 Å². The molecule has 1 aromatic rings. The van der Waals surface area contributed by atoms with Crippen molar-refractivity contribution in [2.24, 2.45) is 0 Å². The zero-order valence-electron chi connectivity index (χ0n) is 6.17. The second-order valence-electron chi connectivity index (χ2n) is 1.91. The third-order valence-corrected chi connectivity index (χ3v) is 2.00. The summed E-state index contributed by atoms with van der Waals surface area (Å²) >= 11 is 1.18. The molecule has 1 heterocycles. The zero-order chi connectivity index (χ0) is 8.97. The van der Waals surface area contributed by atoms with Gasteiger partial charge in [-0.25, -0.2) is 0 Å². The lowest BCUT2D eigenvalue weighted by Crippen LogP contribution is -2.29. The molecule has 0 unspecified atom stereocenters. The van der Waals surface area contributed by atoms with E-state index < -0.39 is 5.56 Å². The second kappa shape index (κ2) is 4.07. The Morgan fingerprint density at radius 3 is 3.17 bits per heavy atom. The molecular weight excluding hydrogens is 180 g/mol. The van der Waals surface area contributed by atoms with Gasteiger partial charge in [-0.05, 0) is 0 Å². The van der Waals surface area contributed by atoms with Crippen LogP contribution in [0.1, 0.15) is 0 Å². The molecule has 0 aromatic carbocycles. The third-order valence-electron chi connectivity index (χ3n) is 1.08. The molecule has 12 heavy (non-hydrogen) atoms. The molecule has 0 saturated carbocycles. The number of nitrogens with two attached hydrogens (primary N) is 1. The number of aliphatic hydroxyl groups is 1. The molecule has 0 fully saturated rings. The van der Waals surface area contributed by atoms with Crippen molar-refractivity contribution in [2.75, 3.05) is 18.2 Å². The molecule has 66 valence electrons. The number of thioether (sulfide) groups is 1. The Morgan fingerprint density at radius 1 is 1.75 bits per heavy atom. The van der Waals surface area contributed by atoms with Gasteiger partial charge in [-0.2, -0.15) is 9.77 Å². The lowest BCUT2D eigenvalue weighted by Gasteiger charge is -2.01. The van der Waals surface area contributed by atoms with E-state index in [0.717, 1.165) is 10.9 Å². The molecule has 6 nitrogen and oxygen atoms in total. The first-order valence-corrected chi connectivity index (χ1v) is 4.17. The van der Waals surface area contributed by atoms with Crippen LogP contribution in [0.5, 0.6) is 0 Å². The van der Waals surface area contributed by atoms with Crippen LogP contribution >= 0.6 is 11.8 Å². The molecule has 7 heteroatoms. The Balaban J connectivity index is 2.85. The maximum atomic E-state index is 10.9. The summed E-state index contributed by atoms with van der Waals surface area (Å²) in [6.45, 7) is 0.00936. The lowest BCUT2D eigenvalue weighted by atomic mass is 10.8. The van der Waals surface area contributed by atoms with Crippen molar-refractivity contribution in [3.63, 3.8) is 0 Å². The Morgan fingerprint density at radius 2 is 2.50 bits per heavy atom. The third kappa shape index (κ3) is 1.95. The highest BCUT2D eigenvalue weighted by molar-refractivity contribution is 7.99. The largest absolute Gasteiger partial charge is 0.396 e. The predicted octanol–water partition coefficient (Wildman–Crippen LogP) is -1.56. The summed E-state index contributed by atoms with van der Waals surface area (Å²) in [5.41, 5.74) is -0.412. The summed E-state index contributed by atoms with van der Waals surface area (Å²) in [5, 5.41) is 15.8. The molecule has 0 radical (unpaired) electrons. The topological polar surface area (TPSA) is 94.0 Å². The SMILES string of the molecule is Nn1c(SCCO)nncc1=O. The van der Waals surface area contributed by atoms with Crippen LogP contribution < -0.4 is 11.4 Å². The minimum absolute atomic E-state index is 0.00936. The van der Waals surface area contributed by atoms with Crippen LogP contribution in [0.4, 0.5) is 0 Å². The molecule has 0 aliphatic heterocycles. The fraction of sp³-hybridized carbons (Fsp3) is 0.400. The minimum atomic E-state index is -0.412. The molecule has 0 aliphatic rings. The van der Waals surface area contributed by atoms with E-state index in [4.69, 9.17) is 10.9 Å². The fourth-order valence-electron chi connectivity index (χ4n) is 0.568. The highest BCUT2D eigenvalue weighted by Crippen LogP contribution is 2.08. The lowest BCUT2D eigenvalue weighted by molar-refractivity contribution is 0.322. The van der Waals surface area contributed by atoms with Gasteiger partial charge in [-0.15, -0.1) is 5.10 Å². The van der Waals surface area contributed by atoms with Crippen molar-refractivity contribution < 1.29 is 5.11 Å². The quantitative estimate of drug-likeness (QED) is 0.440. The van der Waals surface area contributed by atoms with Crippen LogP contribution in [0.2, 0.25) is 0 Å². The van der Waals surface area contributed by atoms with Crippen molar-refractivity contribution in [3.05, 3.63) is 16.6 Å². The molecular formula is C5H8N4O2S. The molecule has 0 aliphatic carbocycles. The Labute approximate surface area is 72.4 Å². The van der Waals surface area contributed by atoms with Gasteiger partial charge in [0.2, 0.25) is 5.16 Å². The first-order valence-electron chi connectivity index (χ1n) is 3.19. The molecule has 0 saturated heterocycles. The van der Waals surface area contributed by atoms with E-state index in [2.05, 4.69) is 10.2 Å². The summed E-state index contributed by atoms with van der Waals surface area (Å²) in [7, 11) is 0. The van der Waals surface area contributed by atoms with Gasteiger partial charge >= 0.3 is 0 Å². The van der Waals surface area contributed by atoms with Gasteiger partial charge in [0.1, 0.15) is 6.20 Å². The number of nitrogen functional groups attached to an aromatic ring is 1. The molecule has 0 atom stereocenters. The number of aromatic nitrogens is 3. The van der Waals surface area contributed by atoms with Gasteiger partial charge in [0.15, 0.2) is 0 Å². The maximum Gasteiger partial charge on any atom is 0.291 e. The van der Waals surface area contributed by atoms with Crippen LogP contribution in [-0.4, -0.2) is 32.3 Å². The van der Waals surface area contributed by atoms with E-state index in [1.807, 2.05) is 0 Å². The monoisotopic (exact) mass is 188 g/mol. The highest BCUT2D eigenvalue weighted by Gasteiger charge is 2.01. The van der Waals surface area contributed by atoms with Gasteiger partial charge in [0.05, 0.1) is 6.61 Å². The molecule has 1 aromatic heterocycles. The average molecular weight is 188 g/mol. The van der Waals surface area contributed by atoms with Crippen molar-refractivity contribution in [1.82, 2.24) is 14.9 Å². The molecule has 0 spiro atoms. The van der Waals surface area contributed by atoms with Crippen molar-refractivity contribution >= 4 is 11.8 Å². The number of rotatable bonds is 3. The van der Waals surface area contributed by atoms with Crippen LogP contribution in [0.3, 0.4) is 0 Å². The second-order valence-corrected chi connectivity index (χ2v) is 2.97. The predicted molar refractivity (Wildman–Crippen MR) is 44.3 cm³/mol. The maximum absolute atomic E-state index is 10.9. The van der Waals surface area contributed by atoms with E-state index in [1.54, 1.807) is 0 Å². The van der Waals surface area contributed by atoms with Gasteiger partial charge in [-0.1, -0.05) is 11.8 Å². The van der Waals surface area contributed by atoms with Crippen LogP contribution in [0.25, 0.3) is 0 Å². The van der Waals surface area contributed by atoms with Gasteiger partial charge < -0.3 is 10.9 Å². The van der Waals surface area contributed by atoms with E-state index in [9.17, 15) is 4.79 Å². The fourth-order valence-corrected chi connectivity index (χ4v) is 1.18. The summed E-state index contributed by atoms with van der Waals surface area (Å²) in [6, 6.07) is 0. The Kier molecular flexibility index (Phi) is 3.06. The Bertz CT molecular complexity index is 313. The molecule has 1 rings (SSSR count). The van der Waals surface area contributed by atoms with Crippen LogP contribution in [-0.2, 0) is 0 Å². The first-order chi connectivity index (χ1) is 5.75. The van der Waals surface area contributed by atoms with Gasteiger partial charge in [-0.3, -0.25) is 4.79 Å². The summed E-state index contributed by atoms with van der Waals surface area (Å²) in [4.78, 5) is 10.9. The first kappa shape index (κ1) is 9.01. The number of hydrogen-bond donors (Lipinski definition) is 2. The van der Waals surface area contributed by atoms with Gasteiger partial charge in [0, 0.05) is 5.75 Å². The number of hydrogen-bond acceptors (Lipinski definition) is 6. The number of nitrogens with zero attached hydrogens (tertiary/aromatic N) is 3. The van der Waals surface area contributed by atoms with Crippen LogP contribution in [0, 0.1) is 0 Å². The zero-order valence-corrected chi connectivity index (χ0v) is 6.99. The van der Waals surface area contributed by atoms with E-state index in [-0.39, 0.29) is 6.61 Å². The Hall–Kier alpha value is -1.08. The summed E-state index contributed by atoms with van der Waals surface area (Å²) in [6.07, 6.45) is 1.03. The van der Waals surface area contributed by atoms with E-state index >= 15 is 0 Å². The summed E-state index contributed by atoms with van der Waals surface area (Å²) < 4.78 is 0.896. The average Bonchev–Trinajstić information content (AvgIpc) is 2.08. The smallest absolute Gasteiger partial charge is 0.291 e. The van der Waals surface area contributed by atoms with Crippen molar-refractivity contribution in [2.45, 2.75) is 5.16 Å². The summed E-state index contributed by atoms with van der Waals surface area (Å²) in [5.74, 6) is 5.76. The molecule has 3 N–H and O–H groups in total. The van der Waals surface area contributed by atoms with E-state index in [0.29, 0.717) is 10.9 Å². The highest BCUT2D eigenvalue weighted by atomic mass is 32.2. The van der Waals surface area contributed by atoms with Gasteiger partial charge in [0.25, 0.3) is 5.56 Å². The van der Waals surface area contributed by atoms with Crippen molar-refractivity contribution in [1.29, 1.82) is 0 Å². The van der Waals surface area contributed by atoms with Crippen LogP contribution in [0.15, 0.2) is 16.1 Å². The standard InChI is InChI=1S/C5H8N4O2S/c6-9-4(11)3-7-8-5(9)12-2-1-10/h3,10H,1-2,6H2. The minimum Gasteiger partial charge on any atom is -0.396 e.